The Morgan fingerprint density at radius 1 is 1.50 bits per heavy atom. The number of aryl methyl sites for hydroxylation is 1. The minimum atomic E-state index is -0.271. The maximum absolute atomic E-state index is 11.6. The van der Waals surface area contributed by atoms with Gasteiger partial charge in [-0.3, -0.25) is 14.7 Å². The van der Waals surface area contributed by atoms with Crippen molar-refractivity contribution in [2.75, 3.05) is 5.32 Å². The molecule has 6 heteroatoms. The SMILES string of the molecule is Cn1cc(NC(=O)c2cn[nH]c2)ccc1=O. The van der Waals surface area contributed by atoms with Gasteiger partial charge in [0.15, 0.2) is 0 Å². The van der Waals surface area contributed by atoms with Crippen LogP contribution in [0.15, 0.2) is 35.5 Å². The number of hydrogen-bond acceptors (Lipinski definition) is 3. The monoisotopic (exact) mass is 218 g/mol. The van der Waals surface area contributed by atoms with Gasteiger partial charge < -0.3 is 9.88 Å². The van der Waals surface area contributed by atoms with Crippen molar-refractivity contribution in [2.45, 2.75) is 0 Å². The van der Waals surface area contributed by atoms with Crippen molar-refractivity contribution in [2.24, 2.45) is 7.05 Å². The number of pyridine rings is 1. The van der Waals surface area contributed by atoms with Gasteiger partial charge in [-0.2, -0.15) is 5.10 Å². The zero-order valence-corrected chi connectivity index (χ0v) is 8.60. The van der Waals surface area contributed by atoms with Crippen LogP contribution in [0.2, 0.25) is 0 Å². The lowest BCUT2D eigenvalue weighted by Crippen LogP contribution is -2.17. The number of amides is 1. The normalized spacial score (nSPS) is 10.1. The van der Waals surface area contributed by atoms with E-state index < -0.39 is 0 Å². The number of hydrogen-bond donors (Lipinski definition) is 2. The lowest BCUT2D eigenvalue weighted by Gasteiger charge is -2.04. The van der Waals surface area contributed by atoms with Crippen LogP contribution >= 0.6 is 0 Å². The van der Waals surface area contributed by atoms with Gasteiger partial charge in [-0.25, -0.2) is 0 Å². The molecule has 0 bridgehead atoms. The summed E-state index contributed by atoms with van der Waals surface area (Å²) in [6.45, 7) is 0. The molecule has 2 aromatic rings. The first kappa shape index (κ1) is 10.2. The van der Waals surface area contributed by atoms with E-state index in [1.165, 1.54) is 23.0 Å². The number of nitrogens with zero attached hydrogens (tertiary/aromatic N) is 2. The van der Waals surface area contributed by atoms with E-state index in [2.05, 4.69) is 15.5 Å². The standard InChI is InChI=1S/C10H10N4O2/c1-14-6-8(2-3-9(14)15)13-10(16)7-4-11-12-5-7/h2-6H,1H3,(H,11,12)(H,13,16). The summed E-state index contributed by atoms with van der Waals surface area (Å²) in [5.41, 5.74) is 0.878. The highest BCUT2D eigenvalue weighted by molar-refractivity contribution is 6.03. The summed E-state index contributed by atoms with van der Waals surface area (Å²) in [5, 5.41) is 8.88. The van der Waals surface area contributed by atoms with Crippen LogP contribution in [0.25, 0.3) is 0 Å². The first-order valence-electron chi connectivity index (χ1n) is 4.63. The van der Waals surface area contributed by atoms with Gasteiger partial charge >= 0.3 is 0 Å². The van der Waals surface area contributed by atoms with E-state index in [0.717, 1.165) is 0 Å². The third kappa shape index (κ3) is 2.00. The van der Waals surface area contributed by atoms with Gasteiger partial charge in [0.05, 0.1) is 17.4 Å². The second-order valence-electron chi connectivity index (χ2n) is 3.31. The molecule has 0 aliphatic carbocycles. The zero-order chi connectivity index (χ0) is 11.5. The minimum absolute atomic E-state index is 0.124. The average Bonchev–Trinajstić information content (AvgIpc) is 2.77. The fourth-order valence-electron chi connectivity index (χ4n) is 1.25. The van der Waals surface area contributed by atoms with Crippen LogP contribution in [-0.2, 0) is 7.05 Å². The molecular weight excluding hydrogens is 208 g/mol. The van der Waals surface area contributed by atoms with E-state index in [1.807, 2.05) is 0 Å². The topological polar surface area (TPSA) is 79.8 Å². The predicted molar refractivity (Wildman–Crippen MR) is 58.2 cm³/mol. The Kier molecular flexibility index (Phi) is 2.55. The maximum atomic E-state index is 11.6. The Balaban J connectivity index is 2.18. The van der Waals surface area contributed by atoms with E-state index in [0.29, 0.717) is 11.3 Å². The van der Waals surface area contributed by atoms with Crippen molar-refractivity contribution in [3.8, 4) is 0 Å². The van der Waals surface area contributed by atoms with E-state index in [4.69, 9.17) is 0 Å². The molecule has 2 rings (SSSR count). The van der Waals surface area contributed by atoms with Gasteiger partial charge in [0.2, 0.25) is 5.56 Å². The van der Waals surface area contributed by atoms with Crippen molar-refractivity contribution in [1.29, 1.82) is 0 Å². The Hall–Kier alpha value is -2.37. The first-order valence-corrected chi connectivity index (χ1v) is 4.63. The average molecular weight is 218 g/mol. The number of nitrogens with one attached hydrogen (secondary N) is 2. The van der Waals surface area contributed by atoms with Crippen LogP contribution < -0.4 is 10.9 Å². The number of H-pyrrole nitrogens is 1. The predicted octanol–water partition coefficient (Wildman–Crippen LogP) is 0.361. The summed E-state index contributed by atoms with van der Waals surface area (Å²) in [4.78, 5) is 22.7. The first-order chi connectivity index (χ1) is 7.66. The van der Waals surface area contributed by atoms with Crippen molar-refractivity contribution in [1.82, 2.24) is 14.8 Å². The second kappa shape index (κ2) is 4.01. The van der Waals surface area contributed by atoms with Gasteiger partial charge in [0.25, 0.3) is 5.91 Å². The molecule has 2 N–H and O–H groups in total. The van der Waals surface area contributed by atoms with Crippen LogP contribution in [0.1, 0.15) is 10.4 Å². The fraction of sp³-hybridized carbons (Fsp3) is 0.100. The number of carbonyl (C=O) groups is 1. The third-order valence-electron chi connectivity index (χ3n) is 2.10. The molecule has 82 valence electrons. The molecule has 0 fully saturated rings. The molecule has 0 aromatic carbocycles. The summed E-state index contributed by atoms with van der Waals surface area (Å²) >= 11 is 0. The van der Waals surface area contributed by atoms with Gasteiger partial charge in [-0.1, -0.05) is 0 Å². The summed E-state index contributed by atoms with van der Waals surface area (Å²) in [6, 6.07) is 2.95. The van der Waals surface area contributed by atoms with E-state index in [-0.39, 0.29) is 11.5 Å². The minimum Gasteiger partial charge on any atom is -0.321 e. The van der Waals surface area contributed by atoms with Gasteiger partial charge in [-0.15, -0.1) is 0 Å². The lowest BCUT2D eigenvalue weighted by atomic mass is 10.3. The molecule has 0 saturated heterocycles. The molecule has 16 heavy (non-hydrogen) atoms. The van der Waals surface area contributed by atoms with Crippen LogP contribution in [0, 0.1) is 0 Å². The molecular formula is C10H10N4O2. The third-order valence-corrected chi connectivity index (χ3v) is 2.10. The summed E-state index contributed by atoms with van der Waals surface area (Å²) in [7, 11) is 1.62. The molecule has 0 saturated carbocycles. The maximum Gasteiger partial charge on any atom is 0.258 e. The number of carbonyl (C=O) groups excluding carboxylic acids is 1. The van der Waals surface area contributed by atoms with Crippen LogP contribution in [-0.4, -0.2) is 20.7 Å². The molecule has 0 atom stereocenters. The van der Waals surface area contributed by atoms with E-state index >= 15 is 0 Å². The molecule has 2 aromatic heterocycles. The van der Waals surface area contributed by atoms with E-state index in [1.54, 1.807) is 19.3 Å². The van der Waals surface area contributed by atoms with Crippen LogP contribution in [0.4, 0.5) is 5.69 Å². The fourth-order valence-corrected chi connectivity index (χ4v) is 1.25. The highest BCUT2D eigenvalue weighted by Crippen LogP contribution is 2.05. The van der Waals surface area contributed by atoms with Crippen LogP contribution in [0.5, 0.6) is 0 Å². The number of aromatic amines is 1. The highest BCUT2D eigenvalue weighted by atomic mass is 16.1. The lowest BCUT2D eigenvalue weighted by molar-refractivity contribution is 0.102. The largest absolute Gasteiger partial charge is 0.321 e. The van der Waals surface area contributed by atoms with Crippen molar-refractivity contribution in [3.63, 3.8) is 0 Å². The highest BCUT2D eigenvalue weighted by Gasteiger charge is 2.06. The number of rotatable bonds is 2. The van der Waals surface area contributed by atoms with Crippen LogP contribution in [0.3, 0.4) is 0 Å². The molecule has 0 radical (unpaired) electrons. The molecule has 2 heterocycles. The van der Waals surface area contributed by atoms with Gasteiger partial charge in [-0.05, 0) is 6.07 Å². The Labute approximate surface area is 90.9 Å². The van der Waals surface area contributed by atoms with Gasteiger partial charge in [0.1, 0.15) is 0 Å². The second-order valence-corrected chi connectivity index (χ2v) is 3.31. The summed E-state index contributed by atoms with van der Waals surface area (Å²) in [5.74, 6) is -0.271. The number of anilines is 1. The quantitative estimate of drug-likeness (QED) is 0.763. The zero-order valence-electron chi connectivity index (χ0n) is 8.60. The molecule has 0 unspecified atom stereocenters. The summed E-state index contributed by atoms with van der Waals surface area (Å²) in [6.07, 6.45) is 4.48. The van der Waals surface area contributed by atoms with Gasteiger partial charge in [0, 0.05) is 25.5 Å². The Morgan fingerprint density at radius 2 is 2.31 bits per heavy atom. The molecule has 6 nitrogen and oxygen atoms in total. The number of aromatic nitrogens is 3. The Bertz CT molecular complexity index is 556. The Morgan fingerprint density at radius 3 is 2.94 bits per heavy atom. The smallest absolute Gasteiger partial charge is 0.258 e. The summed E-state index contributed by atoms with van der Waals surface area (Å²) < 4.78 is 1.39. The van der Waals surface area contributed by atoms with Crippen molar-refractivity contribution < 1.29 is 4.79 Å². The van der Waals surface area contributed by atoms with E-state index in [9.17, 15) is 9.59 Å². The van der Waals surface area contributed by atoms with Crippen molar-refractivity contribution >= 4 is 11.6 Å². The molecule has 0 aliphatic rings. The molecule has 0 spiro atoms. The molecule has 1 amide bonds. The van der Waals surface area contributed by atoms with Crippen molar-refractivity contribution in [3.05, 3.63) is 46.6 Å². The molecule has 0 aliphatic heterocycles.